The van der Waals surface area contributed by atoms with Gasteiger partial charge in [-0.3, -0.25) is 0 Å². The highest BCUT2D eigenvalue weighted by molar-refractivity contribution is 9.13. The summed E-state index contributed by atoms with van der Waals surface area (Å²) in [5.74, 6) is 1.74. The van der Waals surface area contributed by atoms with Crippen LogP contribution >= 0.6 is 31.9 Å². The highest BCUT2D eigenvalue weighted by Gasteiger charge is 2.08. The van der Waals surface area contributed by atoms with E-state index in [0.29, 0.717) is 11.2 Å². The molecule has 3 nitrogen and oxygen atoms in total. The highest BCUT2D eigenvalue weighted by Crippen LogP contribution is 2.29. The molecule has 0 aliphatic heterocycles. The zero-order valence-electron chi connectivity index (χ0n) is 11.5. The van der Waals surface area contributed by atoms with Crippen molar-refractivity contribution < 1.29 is 9.15 Å². The molecule has 0 amide bonds. The van der Waals surface area contributed by atoms with E-state index in [1.54, 1.807) is 0 Å². The fourth-order valence-corrected chi connectivity index (χ4v) is 2.43. The van der Waals surface area contributed by atoms with Gasteiger partial charge in [-0.1, -0.05) is 13.0 Å². The summed E-state index contributed by atoms with van der Waals surface area (Å²) in [5.41, 5.74) is 2.16. The third-order valence-electron chi connectivity index (χ3n) is 2.75. The molecular formula is C15H17Br2NO2. The average Bonchev–Trinajstić information content (AvgIpc) is 2.74. The number of hydrogen-bond acceptors (Lipinski definition) is 3. The number of rotatable bonds is 6. The van der Waals surface area contributed by atoms with Gasteiger partial charge in [0.1, 0.15) is 11.5 Å². The molecule has 0 unspecified atom stereocenters. The normalized spacial score (nSPS) is 10.6. The highest BCUT2D eigenvalue weighted by atomic mass is 79.9. The van der Waals surface area contributed by atoms with E-state index in [2.05, 4.69) is 57.1 Å². The van der Waals surface area contributed by atoms with E-state index in [0.717, 1.165) is 34.7 Å². The van der Waals surface area contributed by atoms with Crippen molar-refractivity contribution in [1.29, 1.82) is 0 Å². The first kappa shape index (κ1) is 15.4. The Bertz CT molecular complexity index is 562. The van der Waals surface area contributed by atoms with Crippen molar-refractivity contribution in [1.82, 2.24) is 0 Å². The third-order valence-corrected chi connectivity index (χ3v) is 4.46. The minimum atomic E-state index is 0.607. The summed E-state index contributed by atoms with van der Waals surface area (Å²) >= 11 is 6.74. The van der Waals surface area contributed by atoms with Crippen LogP contribution < -0.4 is 10.1 Å². The van der Waals surface area contributed by atoms with Gasteiger partial charge in [0, 0.05) is 0 Å². The molecule has 5 heteroatoms. The fourth-order valence-electron chi connectivity index (χ4n) is 1.77. The minimum absolute atomic E-state index is 0.607. The third kappa shape index (κ3) is 4.03. The van der Waals surface area contributed by atoms with Gasteiger partial charge < -0.3 is 14.5 Å². The topological polar surface area (TPSA) is 34.4 Å². The average molecular weight is 403 g/mol. The Labute approximate surface area is 136 Å². The molecule has 0 bridgehead atoms. The Hall–Kier alpha value is -0.940. The molecule has 0 saturated heterocycles. The summed E-state index contributed by atoms with van der Waals surface area (Å²) in [6.07, 6.45) is 0.992. The van der Waals surface area contributed by atoms with E-state index >= 15 is 0 Å². The van der Waals surface area contributed by atoms with Crippen LogP contribution in [-0.2, 0) is 6.54 Å². The number of halogens is 2. The summed E-state index contributed by atoms with van der Waals surface area (Å²) in [5, 5.41) is 3.35. The minimum Gasteiger partial charge on any atom is -0.491 e. The summed E-state index contributed by atoms with van der Waals surface area (Å²) in [6.45, 7) is 5.48. The van der Waals surface area contributed by atoms with Crippen molar-refractivity contribution in [2.75, 3.05) is 11.9 Å². The Balaban J connectivity index is 2.08. The maximum Gasteiger partial charge on any atom is 0.183 e. The molecule has 1 aromatic heterocycles. The first-order chi connectivity index (χ1) is 9.60. The van der Waals surface area contributed by atoms with Crippen LogP contribution in [0.2, 0.25) is 0 Å². The lowest BCUT2D eigenvalue weighted by Crippen LogP contribution is -2.03. The zero-order chi connectivity index (χ0) is 14.5. The maximum absolute atomic E-state index is 5.77. The van der Waals surface area contributed by atoms with E-state index in [9.17, 15) is 0 Å². The largest absolute Gasteiger partial charge is 0.491 e. The van der Waals surface area contributed by atoms with Crippen molar-refractivity contribution in [2.24, 2.45) is 0 Å². The Kier molecular flexibility index (Phi) is 5.54. The SMILES string of the molecule is CCCOc1cc(C)ccc1NCc1cc(Br)c(Br)o1. The zero-order valence-corrected chi connectivity index (χ0v) is 14.7. The van der Waals surface area contributed by atoms with Crippen LogP contribution in [0.5, 0.6) is 5.75 Å². The molecular weight excluding hydrogens is 386 g/mol. The van der Waals surface area contributed by atoms with Gasteiger partial charge in [0.25, 0.3) is 0 Å². The van der Waals surface area contributed by atoms with Crippen LogP contribution in [0.1, 0.15) is 24.7 Å². The second kappa shape index (κ2) is 7.18. The van der Waals surface area contributed by atoms with Gasteiger partial charge in [-0.25, -0.2) is 0 Å². The molecule has 0 aliphatic carbocycles. The van der Waals surface area contributed by atoms with Crippen molar-refractivity contribution in [3.8, 4) is 5.75 Å². The summed E-state index contributed by atoms with van der Waals surface area (Å²) < 4.78 is 12.9. The number of furan rings is 1. The summed E-state index contributed by atoms with van der Waals surface area (Å²) in [7, 11) is 0. The molecule has 0 atom stereocenters. The monoisotopic (exact) mass is 401 g/mol. The Morgan fingerprint density at radius 3 is 2.70 bits per heavy atom. The molecule has 0 saturated carbocycles. The number of benzene rings is 1. The van der Waals surface area contributed by atoms with Crippen LogP contribution in [0.25, 0.3) is 0 Å². The summed E-state index contributed by atoms with van der Waals surface area (Å²) in [6, 6.07) is 8.09. The quantitative estimate of drug-likeness (QED) is 0.691. The lowest BCUT2D eigenvalue weighted by molar-refractivity contribution is 0.318. The standard InChI is InChI=1S/C15H17Br2NO2/c1-3-6-19-14-7-10(2)4-5-13(14)18-9-11-8-12(16)15(17)20-11/h4-5,7-8,18H,3,6,9H2,1-2H3. The fraction of sp³-hybridized carbons (Fsp3) is 0.333. The number of hydrogen-bond donors (Lipinski definition) is 1. The van der Waals surface area contributed by atoms with Crippen molar-refractivity contribution in [3.05, 3.63) is 44.7 Å². The molecule has 20 heavy (non-hydrogen) atoms. The first-order valence-corrected chi connectivity index (χ1v) is 8.09. The van der Waals surface area contributed by atoms with E-state index in [-0.39, 0.29) is 0 Å². The molecule has 0 fully saturated rings. The van der Waals surface area contributed by atoms with Gasteiger partial charge in [0.2, 0.25) is 0 Å². The molecule has 2 aromatic rings. The van der Waals surface area contributed by atoms with Gasteiger partial charge >= 0.3 is 0 Å². The lowest BCUT2D eigenvalue weighted by atomic mass is 10.2. The van der Waals surface area contributed by atoms with E-state index in [4.69, 9.17) is 9.15 Å². The molecule has 2 rings (SSSR count). The molecule has 1 heterocycles. The van der Waals surface area contributed by atoms with Gasteiger partial charge in [-0.2, -0.15) is 0 Å². The second-order valence-electron chi connectivity index (χ2n) is 4.54. The van der Waals surface area contributed by atoms with E-state index < -0.39 is 0 Å². The molecule has 1 aromatic carbocycles. The maximum atomic E-state index is 5.77. The molecule has 1 N–H and O–H groups in total. The van der Waals surface area contributed by atoms with Gasteiger partial charge in [-0.15, -0.1) is 0 Å². The number of aryl methyl sites for hydroxylation is 1. The molecule has 0 radical (unpaired) electrons. The van der Waals surface area contributed by atoms with Crippen LogP contribution in [-0.4, -0.2) is 6.61 Å². The first-order valence-electron chi connectivity index (χ1n) is 6.51. The molecule has 108 valence electrons. The van der Waals surface area contributed by atoms with Gasteiger partial charge in [0.05, 0.1) is 23.3 Å². The van der Waals surface area contributed by atoms with Crippen molar-refractivity contribution in [2.45, 2.75) is 26.8 Å². The Morgan fingerprint density at radius 2 is 2.05 bits per heavy atom. The predicted octanol–water partition coefficient (Wildman–Crippen LogP) is 5.51. The number of ether oxygens (including phenoxy) is 1. The Morgan fingerprint density at radius 1 is 1.25 bits per heavy atom. The van der Waals surface area contributed by atoms with Crippen LogP contribution in [0.4, 0.5) is 5.69 Å². The van der Waals surface area contributed by atoms with Crippen LogP contribution in [0, 0.1) is 6.92 Å². The van der Waals surface area contributed by atoms with E-state index in [1.807, 2.05) is 18.2 Å². The van der Waals surface area contributed by atoms with Crippen molar-refractivity contribution >= 4 is 37.5 Å². The molecule has 0 spiro atoms. The number of nitrogens with one attached hydrogen (secondary N) is 1. The van der Waals surface area contributed by atoms with Gasteiger partial charge in [-0.05, 0) is 69.0 Å². The second-order valence-corrected chi connectivity index (χ2v) is 6.11. The van der Waals surface area contributed by atoms with Gasteiger partial charge in [0.15, 0.2) is 4.67 Å². The molecule has 0 aliphatic rings. The van der Waals surface area contributed by atoms with Crippen molar-refractivity contribution in [3.63, 3.8) is 0 Å². The number of anilines is 1. The lowest BCUT2D eigenvalue weighted by Gasteiger charge is -2.13. The predicted molar refractivity (Wildman–Crippen MR) is 88.4 cm³/mol. The van der Waals surface area contributed by atoms with E-state index in [1.165, 1.54) is 5.56 Å². The van der Waals surface area contributed by atoms with Crippen LogP contribution in [0.3, 0.4) is 0 Å². The summed E-state index contributed by atoms with van der Waals surface area (Å²) in [4.78, 5) is 0. The van der Waals surface area contributed by atoms with Crippen LogP contribution in [0.15, 0.2) is 37.8 Å². The smallest absolute Gasteiger partial charge is 0.183 e.